The molecule has 0 radical (unpaired) electrons. The molecule has 2 aromatic carbocycles. The van der Waals surface area contributed by atoms with Crippen LogP contribution in [0.3, 0.4) is 0 Å². The van der Waals surface area contributed by atoms with Crippen molar-refractivity contribution in [2.75, 3.05) is 29.9 Å². The predicted molar refractivity (Wildman–Crippen MR) is 133 cm³/mol. The fourth-order valence-electron chi connectivity index (χ4n) is 5.08. The topological polar surface area (TPSA) is 51.4 Å². The smallest absolute Gasteiger partial charge is 0.326 e. The second-order valence-corrected chi connectivity index (χ2v) is 8.96. The van der Waals surface area contributed by atoms with Gasteiger partial charge in [-0.1, -0.05) is 37.6 Å². The van der Waals surface area contributed by atoms with Crippen LogP contribution < -0.4 is 10.2 Å². The molecule has 1 atom stereocenters. The van der Waals surface area contributed by atoms with Crippen LogP contribution in [0.25, 0.3) is 16.5 Å². The summed E-state index contributed by atoms with van der Waals surface area (Å²) < 4.78 is 0. The van der Waals surface area contributed by atoms with Crippen molar-refractivity contribution in [2.45, 2.75) is 45.1 Å². The van der Waals surface area contributed by atoms with Crippen LogP contribution in [0, 0.1) is 0 Å². The standard InChI is InChI=1S/C27H32N4O/c1-2-3-15-31(22-8-5-4-6-9-22)27(32)29-21-11-12-26-24(18-21)25(19-28-26)20-13-16-30-14-7-10-23(30)17-20/h4-6,8-9,11-13,18-19,23,28H,2-3,7,10,14-17H2,1H3,(H,29,32). The minimum absolute atomic E-state index is 0.0837. The van der Waals surface area contributed by atoms with E-state index < -0.39 is 0 Å². The molecule has 1 unspecified atom stereocenters. The highest BCUT2D eigenvalue weighted by atomic mass is 16.2. The maximum atomic E-state index is 13.2. The van der Waals surface area contributed by atoms with Gasteiger partial charge in [-0.25, -0.2) is 4.79 Å². The van der Waals surface area contributed by atoms with Crippen molar-refractivity contribution < 1.29 is 4.79 Å². The van der Waals surface area contributed by atoms with E-state index >= 15 is 0 Å². The van der Waals surface area contributed by atoms with Gasteiger partial charge in [0.15, 0.2) is 0 Å². The first kappa shape index (κ1) is 20.8. The average molecular weight is 429 g/mol. The van der Waals surface area contributed by atoms with Crippen molar-refractivity contribution in [2.24, 2.45) is 0 Å². The van der Waals surface area contributed by atoms with Gasteiger partial charge < -0.3 is 10.3 Å². The van der Waals surface area contributed by atoms with Crippen LogP contribution in [0.5, 0.6) is 0 Å². The maximum Gasteiger partial charge on any atom is 0.326 e. The van der Waals surface area contributed by atoms with Crippen molar-refractivity contribution in [1.82, 2.24) is 9.88 Å². The van der Waals surface area contributed by atoms with Crippen LogP contribution in [-0.4, -0.2) is 41.6 Å². The fraction of sp³-hybridized carbons (Fsp3) is 0.370. The van der Waals surface area contributed by atoms with Crippen LogP contribution in [-0.2, 0) is 0 Å². The molecule has 0 spiro atoms. The van der Waals surface area contributed by atoms with Crippen LogP contribution in [0.4, 0.5) is 16.2 Å². The van der Waals surface area contributed by atoms with Crippen molar-refractivity contribution in [3.8, 4) is 0 Å². The summed E-state index contributed by atoms with van der Waals surface area (Å²) in [6.45, 7) is 5.13. The lowest BCUT2D eigenvalue weighted by atomic mass is 9.94. The third kappa shape index (κ3) is 4.17. The Morgan fingerprint density at radius 1 is 1.22 bits per heavy atom. The Morgan fingerprint density at radius 3 is 2.94 bits per heavy atom. The van der Waals surface area contributed by atoms with Crippen molar-refractivity contribution in [3.63, 3.8) is 0 Å². The monoisotopic (exact) mass is 428 g/mol. The summed E-state index contributed by atoms with van der Waals surface area (Å²) in [5.41, 5.74) is 5.57. The molecular weight excluding hydrogens is 396 g/mol. The highest BCUT2D eigenvalue weighted by Gasteiger charge is 2.28. The van der Waals surface area contributed by atoms with Gasteiger partial charge in [-0.3, -0.25) is 9.80 Å². The second-order valence-electron chi connectivity index (χ2n) is 8.96. The van der Waals surface area contributed by atoms with E-state index in [0.29, 0.717) is 12.6 Å². The molecule has 2 aliphatic heterocycles. The number of carbonyl (C=O) groups excluding carboxylic acids is 1. The lowest BCUT2D eigenvalue weighted by Gasteiger charge is -2.29. The number of anilines is 2. The van der Waals surface area contributed by atoms with Gasteiger partial charge in [0, 0.05) is 53.2 Å². The Hall–Kier alpha value is -3.05. The van der Waals surface area contributed by atoms with Crippen molar-refractivity contribution in [1.29, 1.82) is 0 Å². The van der Waals surface area contributed by atoms with Crippen molar-refractivity contribution >= 4 is 33.9 Å². The molecule has 166 valence electrons. The van der Waals surface area contributed by atoms with Gasteiger partial charge in [0.1, 0.15) is 0 Å². The van der Waals surface area contributed by atoms with Crippen molar-refractivity contribution in [3.05, 3.63) is 66.4 Å². The lowest BCUT2D eigenvalue weighted by Crippen LogP contribution is -2.35. The van der Waals surface area contributed by atoms with Gasteiger partial charge in [-0.2, -0.15) is 0 Å². The van der Waals surface area contributed by atoms with E-state index in [1.807, 2.05) is 41.3 Å². The molecule has 32 heavy (non-hydrogen) atoms. The highest BCUT2D eigenvalue weighted by Crippen LogP contribution is 2.36. The first-order chi connectivity index (χ1) is 15.7. The van der Waals surface area contributed by atoms with E-state index in [2.05, 4.69) is 46.5 Å². The normalized spacial score (nSPS) is 18.4. The average Bonchev–Trinajstić information content (AvgIpc) is 3.46. The Kier molecular flexibility index (Phi) is 5.99. The molecule has 0 saturated carbocycles. The molecule has 3 aromatic rings. The first-order valence-electron chi connectivity index (χ1n) is 11.9. The summed E-state index contributed by atoms with van der Waals surface area (Å²) in [5.74, 6) is 0. The van der Waals surface area contributed by atoms with Gasteiger partial charge in [-0.05, 0) is 68.1 Å². The van der Waals surface area contributed by atoms with E-state index in [-0.39, 0.29) is 6.03 Å². The first-order valence-corrected chi connectivity index (χ1v) is 11.9. The molecule has 1 aromatic heterocycles. The number of amides is 2. The minimum Gasteiger partial charge on any atom is -0.361 e. The number of H-pyrrole nitrogens is 1. The maximum absolute atomic E-state index is 13.2. The molecule has 5 nitrogen and oxygen atoms in total. The lowest BCUT2D eigenvalue weighted by molar-refractivity contribution is 0.257. The summed E-state index contributed by atoms with van der Waals surface area (Å²) in [6, 6.07) is 16.7. The number of nitrogens with zero attached hydrogens (tertiary/aromatic N) is 2. The summed E-state index contributed by atoms with van der Waals surface area (Å²) in [4.78, 5) is 21.1. The SMILES string of the molecule is CCCCN(C(=O)Nc1ccc2[nH]cc(C3=CCN4CCCC4C3)c2c1)c1ccccc1. The number of rotatable bonds is 6. The molecule has 5 heteroatoms. The summed E-state index contributed by atoms with van der Waals surface area (Å²) in [6.07, 6.45) is 10.3. The second kappa shape index (κ2) is 9.21. The fourth-order valence-corrected chi connectivity index (χ4v) is 5.08. The van der Waals surface area contributed by atoms with Gasteiger partial charge >= 0.3 is 6.03 Å². The van der Waals surface area contributed by atoms with Gasteiger partial charge in [0.05, 0.1) is 0 Å². The number of hydrogen-bond donors (Lipinski definition) is 2. The number of fused-ring (bicyclic) bond motifs is 2. The molecule has 2 aliphatic rings. The Labute approximate surface area is 190 Å². The molecule has 3 heterocycles. The van der Waals surface area contributed by atoms with E-state index in [4.69, 9.17) is 0 Å². The molecule has 0 bridgehead atoms. The Bertz CT molecular complexity index is 1120. The number of benzene rings is 2. The van der Waals surface area contributed by atoms with E-state index in [9.17, 15) is 4.79 Å². The van der Waals surface area contributed by atoms with E-state index in [1.165, 1.54) is 35.9 Å². The zero-order valence-electron chi connectivity index (χ0n) is 18.8. The third-order valence-electron chi connectivity index (χ3n) is 6.85. The zero-order valence-corrected chi connectivity index (χ0v) is 18.8. The van der Waals surface area contributed by atoms with Crippen LogP contribution in [0.15, 0.2) is 60.8 Å². The Morgan fingerprint density at radius 2 is 2.09 bits per heavy atom. The molecule has 5 rings (SSSR count). The van der Waals surface area contributed by atoms with Gasteiger partial charge in [-0.15, -0.1) is 0 Å². The van der Waals surface area contributed by atoms with Crippen LogP contribution >= 0.6 is 0 Å². The van der Waals surface area contributed by atoms with Gasteiger partial charge in [0.25, 0.3) is 0 Å². The molecular formula is C27H32N4O. The number of urea groups is 1. The minimum atomic E-state index is -0.0837. The predicted octanol–water partition coefficient (Wildman–Crippen LogP) is 6.26. The van der Waals surface area contributed by atoms with Crippen LogP contribution in [0.2, 0.25) is 0 Å². The quantitative estimate of drug-likeness (QED) is 0.487. The molecule has 2 N–H and O–H groups in total. The number of para-hydroxylation sites is 1. The number of carbonyl (C=O) groups is 1. The summed E-state index contributed by atoms with van der Waals surface area (Å²) in [7, 11) is 0. The number of nitrogens with one attached hydrogen (secondary N) is 2. The number of aromatic amines is 1. The van der Waals surface area contributed by atoms with E-state index in [0.717, 1.165) is 42.7 Å². The van der Waals surface area contributed by atoms with Crippen LogP contribution in [0.1, 0.15) is 44.6 Å². The largest absolute Gasteiger partial charge is 0.361 e. The number of hydrogen-bond acceptors (Lipinski definition) is 2. The molecule has 1 fully saturated rings. The zero-order chi connectivity index (χ0) is 21.9. The highest BCUT2D eigenvalue weighted by molar-refractivity contribution is 6.03. The number of aromatic nitrogens is 1. The summed E-state index contributed by atoms with van der Waals surface area (Å²) in [5, 5.41) is 4.32. The number of unbranched alkanes of at least 4 members (excludes halogenated alkanes) is 1. The van der Waals surface area contributed by atoms with E-state index in [1.54, 1.807) is 0 Å². The Balaban J connectivity index is 1.38. The third-order valence-corrected chi connectivity index (χ3v) is 6.85. The molecule has 0 aliphatic carbocycles. The molecule has 1 saturated heterocycles. The molecule has 2 amide bonds. The summed E-state index contributed by atoms with van der Waals surface area (Å²) >= 11 is 0. The van der Waals surface area contributed by atoms with Gasteiger partial charge in [0.2, 0.25) is 0 Å².